The predicted octanol–water partition coefficient (Wildman–Crippen LogP) is 2.27. The first-order chi connectivity index (χ1) is 14.4. The van der Waals surface area contributed by atoms with Gasteiger partial charge < -0.3 is 15.1 Å². The van der Waals surface area contributed by atoms with Gasteiger partial charge >= 0.3 is 0 Å². The van der Waals surface area contributed by atoms with E-state index in [4.69, 9.17) is 4.42 Å². The van der Waals surface area contributed by atoms with Crippen molar-refractivity contribution in [1.82, 2.24) is 9.62 Å². The molecule has 2 aliphatic rings. The number of sulfonamides is 1. The molecule has 9 heteroatoms. The van der Waals surface area contributed by atoms with Gasteiger partial charge in [0.25, 0.3) is 0 Å². The van der Waals surface area contributed by atoms with Gasteiger partial charge in [-0.2, -0.15) is 4.31 Å². The lowest BCUT2D eigenvalue weighted by Gasteiger charge is -2.31. The molecule has 2 aromatic rings. The van der Waals surface area contributed by atoms with Crippen molar-refractivity contribution < 1.29 is 22.4 Å². The highest BCUT2D eigenvalue weighted by molar-refractivity contribution is 7.89. The van der Waals surface area contributed by atoms with Crippen LogP contribution in [0.4, 0.5) is 5.69 Å². The van der Waals surface area contributed by atoms with E-state index in [0.717, 1.165) is 5.56 Å². The second kappa shape index (κ2) is 8.61. The van der Waals surface area contributed by atoms with Gasteiger partial charge in [-0.3, -0.25) is 9.59 Å². The molecule has 1 fully saturated rings. The predicted molar refractivity (Wildman–Crippen MR) is 110 cm³/mol. The minimum absolute atomic E-state index is 0.0520. The minimum Gasteiger partial charge on any atom is -0.467 e. The van der Waals surface area contributed by atoms with Crippen LogP contribution in [0, 0.1) is 5.92 Å². The number of amides is 2. The highest BCUT2D eigenvalue weighted by Crippen LogP contribution is 2.29. The fourth-order valence-corrected chi connectivity index (χ4v) is 5.54. The van der Waals surface area contributed by atoms with Crippen molar-refractivity contribution in [2.75, 3.05) is 18.4 Å². The molecular formula is C21H25N3O5S. The van der Waals surface area contributed by atoms with Crippen LogP contribution in [0.15, 0.2) is 45.9 Å². The Morgan fingerprint density at radius 3 is 2.90 bits per heavy atom. The summed E-state index contributed by atoms with van der Waals surface area (Å²) in [6, 6.07) is 8.36. The van der Waals surface area contributed by atoms with Crippen LogP contribution < -0.4 is 10.6 Å². The van der Waals surface area contributed by atoms with Gasteiger partial charge in [-0.15, -0.1) is 0 Å². The second-order valence-corrected chi connectivity index (χ2v) is 9.66. The Balaban J connectivity index is 1.46. The number of piperidine rings is 1. The molecule has 0 radical (unpaired) electrons. The average molecular weight is 432 g/mol. The number of carbonyl (C=O) groups is 2. The van der Waals surface area contributed by atoms with Gasteiger partial charge in [0.2, 0.25) is 21.8 Å². The van der Waals surface area contributed by atoms with Crippen LogP contribution >= 0.6 is 0 Å². The van der Waals surface area contributed by atoms with Gasteiger partial charge in [0.1, 0.15) is 5.76 Å². The Morgan fingerprint density at radius 1 is 1.23 bits per heavy atom. The second-order valence-electron chi connectivity index (χ2n) is 7.72. The van der Waals surface area contributed by atoms with Crippen LogP contribution in [-0.4, -0.2) is 37.6 Å². The SMILES string of the molecule is O=C1CCCc2cc(S(=O)(=O)N3CCCC(C(=O)NCc4ccco4)C3)ccc2N1. The molecule has 0 bridgehead atoms. The fourth-order valence-electron chi connectivity index (χ4n) is 3.97. The zero-order valence-corrected chi connectivity index (χ0v) is 17.4. The molecule has 1 aromatic heterocycles. The van der Waals surface area contributed by atoms with Gasteiger partial charge in [0, 0.05) is 25.2 Å². The molecule has 30 heavy (non-hydrogen) atoms. The summed E-state index contributed by atoms with van der Waals surface area (Å²) in [6.45, 7) is 0.823. The van der Waals surface area contributed by atoms with Crippen molar-refractivity contribution in [2.24, 2.45) is 5.92 Å². The molecule has 1 unspecified atom stereocenters. The maximum Gasteiger partial charge on any atom is 0.243 e. The normalized spacial score (nSPS) is 20.1. The van der Waals surface area contributed by atoms with E-state index in [1.165, 1.54) is 10.4 Å². The van der Waals surface area contributed by atoms with Gasteiger partial charge in [0.15, 0.2) is 0 Å². The molecule has 3 heterocycles. The van der Waals surface area contributed by atoms with E-state index in [-0.39, 0.29) is 29.8 Å². The third-order valence-electron chi connectivity index (χ3n) is 5.61. The number of nitrogens with one attached hydrogen (secondary N) is 2. The quantitative estimate of drug-likeness (QED) is 0.755. The first-order valence-electron chi connectivity index (χ1n) is 10.2. The Kier molecular flexibility index (Phi) is 5.92. The molecule has 8 nitrogen and oxygen atoms in total. The van der Waals surface area contributed by atoms with Gasteiger partial charge in [-0.05, 0) is 61.6 Å². The number of benzene rings is 1. The molecule has 1 saturated heterocycles. The monoisotopic (exact) mass is 431 g/mol. The van der Waals surface area contributed by atoms with Crippen LogP contribution in [0.2, 0.25) is 0 Å². The Hall–Kier alpha value is -2.65. The summed E-state index contributed by atoms with van der Waals surface area (Å²) in [5.41, 5.74) is 1.50. The zero-order chi connectivity index (χ0) is 21.1. The number of hydrogen-bond acceptors (Lipinski definition) is 5. The lowest BCUT2D eigenvalue weighted by atomic mass is 9.99. The Morgan fingerprint density at radius 2 is 2.10 bits per heavy atom. The highest BCUT2D eigenvalue weighted by Gasteiger charge is 2.33. The standard InChI is InChI=1S/C21H25N3O5S/c25-20-7-1-4-15-12-18(8-9-19(15)23-20)30(27,28)24-10-2-5-16(14-24)21(26)22-13-17-6-3-11-29-17/h3,6,8-9,11-12,16H,1-2,4-5,7,10,13-14H2,(H,22,26)(H,23,25). The molecule has 4 rings (SSSR count). The lowest BCUT2D eigenvalue weighted by molar-refractivity contribution is -0.126. The van der Waals surface area contributed by atoms with Crippen LogP contribution in [0.25, 0.3) is 0 Å². The van der Waals surface area contributed by atoms with E-state index in [1.54, 1.807) is 30.5 Å². The van der Waals surface area contributed by atoms with E-state index in [2.05, 4.69) is 10.6 Å². The first kappa shape index (κ1) is 20.6. The minimum atomic E-state index is -3.72. The van der Waals surface area contributed by atoms with Crippen molar-refractivity contribution in [3.63, 3.8) is 0 Å². The van der Waals surface area contributed by atoms with Gasteiger partial charge in [-0.1, -0.05) is 0 Å². The summed E-state index contributed by atoms with van der Waals surface area (Å²) < 4.78 is 33.1. The van der Waals surface area contributed by atoms with Crippen molar-refractivity contribution in [2.45, 2.75) is 43.5 Å². The molecule has 2 amide bonds. The maximum atomic E-state index is 13.2. The number of carbonyl (C=O) groups excluding carboxylic acids is 2. The molecule has 1 atom stereocenters. The maximum absolute atomic E-state index is 13.2. The van der Waals surface area contributed by atoms with Gasteiger partial charge in [0.05, 0.1) is 23.6 Å². The zero-order valence-electron chi connectivity index (χ0n) is 16.6. The molecular weight excluding hydrogens is 406 g/mol. The van der Waals surface area contributed by atoms with Crippen molar-refractivity contribution in [3.05, 3.63) is 47.9 Å². The molecule has 2 aliphatic heterocycles. The third-order valence-corrected chi connectivity index (χ3v) is 7.47. The van der Waals surface area contributed by atoms with Crippen molar-refractivity contribution in [1.29, 1.82) is 0 Å². The topological polar surface area (TPSA) is 109 Å². The van der Waals surface area contributed by atoms with Crippen LogP contribution in [0.5, 0.6) is 0 Å². The molecule has 160 valence electrons. The summed E-state index contributed by atoms with van der Waals surface area (Å²) in [4.78, 5) is 24.5. The molecule has 1 aromatic carbocycles. The summed E-state index contributed by atoms with van der Waals surface area (Å²) in [7, 11) is -3.72. The Bertz CT molecular complexity index is 1030. The number of aryl methyl sites for hydroxylation is 1. The molecule has 0 saturated carbocycles. The van der Waals surface area contributed by atoms with Gasteiger partial charge in [-0.25, -0.2) is 8.42 Å². The van der Waals surface area contributed by atoms with Crippen molar-refractivity contribution in [3.8, 4) is 0 Å². The summed E-state index contributed by atoms with van der Waals surface area (Å²) in [6.07, 6.45) is 4.57. The number of rotatable bonds is 5. The smallest absolute Gasteiger partial charge is 0.243 e. The molecule has 0 aliphatic carbocycles. The molecule has 2 N–H and O–H groups in total. The average Bonchev–Trinajstić information content (AvgIpc) is 3.19. The number of fused-ring (bicyclic) bond motifs is 1. The van der Waals surface area contributed by atoms with Crippen LogP contribution in [0.1, 0.15) is 37.0 Å². The lowest BCUT2D eigenvalue weighted by Crippen LogP contribution is -2.45. The Labute approximate surface area is 175 Å². The number of furan rings is 1. The highest BCUT2D eigenvalue weighted by atomic mass is 32.2. The van der Waals surface area contributed by atoms with Crippen LogP contribution in [0.3, 0.4) is 0 Å². The van der Waals surface area contributed by atoms with Crippen LogP contribution in [-0.2, 0) is 32.6 Å². The number of hydrogen-bond donors (Lipinski definition) is 2. The van der Waals surface area contributed by atoms with E-state index >= 15 is 0 Å². The van der Waals surface area contributed by atoms with Crippen molar-refractivity contribution >= 4 is 27.5 Å². The summed E-state index contributed by atoms with van der Waals surface area (Å²) in [5, 5.41) is 5.64. The summed E-state index contributed by atoms with van der Waals surface area (Å²) in [5.74, 6) is 0.0315. The van der Waals surface area contributed by atoms with E-state index in [9.17, 15) is 18.0 Å². The largest absolute Gasteiger partial charge is 0.467 e. The third kappa shape index (κ3) is 4.41. The fraction of sp³-hybridized carbons (Fsp3) is 0.429. The number of anilines is 1. The number of nitrogens with zero attached hydrogens (tertiary/aromatic N) is 1. The van der Waals surface area contributed by atoms with E-state index in [1.807, 2.05) is 0 Å². The summed E-state index contributed by atoms with van der Waals surface area (Å²) >= 11 is 0. The first-order valence-corrected chi connectivity index (χ1v) is 11.6. The molecule has 0 spiro atoms. The van der Waals surface area contributed by atoms with E-state index in [0.29, 0.717) is 50.1 Å². The van der Waals surface area contributed by atoms with E-state index < -0.39 is 15.9 Å².